The van der Waals surface area contributed by atoms with E-state index in [1.807, 2.05) is 24.4 Å². The predicted molar refractivity (Wildman–Crippen MR) is 92.3 cm³/mol. The number of rotatable bonds is 5. The zero-order valence-electron chi connectivity index (χ0n) is 14.2. The summed E-state index contributed by atoms with van der Waals surface area (Å²) >= 11 is 0. The molecule has 1 saturated heterocycles. The van der Waals surface area contributed by atoms with E-state index in [9.17, 15) is 5.11 Å². The minimum Gasteiger partial charge on any atom is -0.390 e. The third kappa shape index (κ3) is 3.47. The summed E-state index contributed by atoms with van der Waals surface area (Å²) in [6.45, 7) is 6.00. The fraction of sp³-hybridized carbons (Fsp3) is 0.500. The van der Waals surface area contributed by atoms with E-state index in [2.05, 4.69) is 37.1 Å². The Labute approximate surface area is 145 Å². The van der Waals surface area contributed by atoms with E-state index in [0.29, 0.717) is 19.1 Å². The lowest BCUT2D eigenvalue weighted by Gasteiger charge is -2.41. The van der Waals surface area contributed by atoms with Crippen LogP contribution in [0, 0.1) is 0 Å². The molecule has 1 N–H and O–H groups in total. The molecule has 9 nitrogen and oxygen atoms in total. The van der Waals surface area contributed by atoms with Crippen molar-refractivity contribution in [2.45, 2.75) is 25.6 Å². The number of aliphatic hydroxyl groups is 1. The summed E-state index contributed by atoms with van der Waals surface area (Å²) < 4.78 is 3.46. The molecule has 4 rings (SSSR count). The molecule has 0 saturated carbocycles. The predicted octanol–water partition coefficient (Wildman–Crippen LogP) is -0.108. The van der Waals surface area contributed by atoms with Gasteiger partial charge in [-0.3, -0.25) is 9.58 Å². The molecule has 1 aliphatic rings. The number of fused-ring (bicyclic) bond motifs is 1. The molecule has 0 aromatic carbocycles. The first-order valence-corrected chi connectivity index (χ1v) is 8.50. The number of aromatic nitrogens is 6. The molecule has 1 aliphatic heterocycles. The Morgan fingerprint density at radius 3 is 3.00 bits per heavy atom. The van der Waals surface area contributed by atoms with Crippen LogP contribution in [0.1, 0.15) is 6.92 Å². The lowest BCUT2D eigenvalue weighted by Crippen LogP contribution is -2.54. The van der Waals surface area contributed by atoms with Crippen molar-refractivity contribution in [2.75, 3.05) is 31.1 Å². The van der Waals surface area contributed by atoms with Crippen molar-refractivity contribution in [1.29, 1.82) is 0 Å². The molecule has 0 aliphatic carbocycles. The molecule has 0 radical (unpaired) electrons. The highest BCUT2D eigenvalue weighted by atomic mass is 16.3. The first kappa shape index (κ1) is 16.0. The normalized spacial score (nSPS) is 20.2. The van der Waals surface area contributed by atoms with Crippen molar-refractivity contribution in [3.05, 3.63) is 36.9 Å². The smallest absolute Gasteiger partial charge is 0.177 e. The van der Waals surface area contributed by atoms with Crippen molar-refractivity contribution in [2.24, 2.45) is 0 Å². The van der Waals surface area contributed by atoms with Gasteiger partial charge in [0.1, 0.15) is 12.1 Å². The lowest BCUT2D eigenvalue weighted by atomic mass is 10.1. The Bertz CT molecular complexity index is 817. The largest absolute Gasteiger partial charge is 0.390 e. The molecular formula is C16H22N8O. The fourth-order valence-electron chi connectivity index (χ4n) is 3.39. The number of piperazine rings is 1. The number of aliphatic hydroxyl groups excluding tert-OH is 1. The van der Waals surface area contributed by atoms with E-state index in [0.717, 1.165) is 31.1 Å². The van der Waals surface area contributed by atoms with Gasteiger partial charge in [-0.1, -0.05) is 0 Å². The number of hydrogen-bond donors (Lipinski definition) is 1. The zero-order chi connectivity index (χ0) is 17.2. The van der Waals surface area contributed by atoms with Gasteiger partial charge in [0.05, 0.1) is 12.6 Å². The van der Waals surface area contributed by atoms with E-state index in [-0.39, 0.29) is 0 Å². The van der Waals surface area contributed by atoms with E-state index >= 15 is 0 Å². The molecule has 4 heterocycles. The second-order valence-corrected chi connectivity index (χ2v) is 6.51. The van der Waals surface area contributed by atoms with Crippen LogP contribution in [0.5, 0.6) is 0 Å². The molecule has 0 amide bonds. The van der Waals surface area contributed by atoms with Crippen LogP contribution in [0.25, 0.3) is 5.65 Å². The molecule has 0 unspecified atom stereocenters. The maximum absolute atomic E-state index is 10.3. The SMILES string of the molecule is C[C@@H]1CN(C[C@H](O)Cn2cccn2)CCN1c1ccc2nncn2n1. The Kier molecular flexibility index (Phi) is 4.33. The molecule has 25 heavy (non-hydrogen) atoms. The molecule has 132 valence electrons. The first-order valence-electron chi connectivity index (χ1n) is 8.50. The highest BCUT2D eigenvalue weighted by Crippen LogP contribution is 2.18. The van der Waals surface area contributed by atoms with E-state index in [4.69, 9.17) is 0 Å². The van der Waals surface area contributed by atoms with Crippen LogP contribution in [0.2, 0.25) is 0 Å². The number of β-amino-alcohol motifs (C(OH)–C–C–N with tert-alkyl or cyclic N) is 1. The summed E-state index contributed by atoms with van der Waals surface area (Å²) in [4.78, 5) is 4.59. The van der Waals surface area contributed by atoms with E-state index in [1.165, 1.54) is 0 Å². The van der Waals surface area contributed by atoms with Gasteiger partial charge in [0.15, 0.2) is 5.65 Å². The number of hydrogen-bond acceptors (Lipinski definition) is 7. The van der Waals surface area contributed by atoms with Crippen LogP contribution in [0.4, 0.5) is 5.82 Å². The van der Waals surface area contributed by atoms with Gasteiger partial charge in [-0.15, -0.1) is 15.3 Å². The molecule has 2 atom stereocenters. The summed E-state index contributed by atoms with van der Waals surface area (Å²) in [6, 6.07) is 6.10. The monoisotopic (exact) mass is 342 g/mol. The second-order valence-electron chi connectivity index (χ2n) is 6.51. The molecule has 3 aromatic rings. The van der Waals surface area contributed by atoms with E-state index in [1.54, 1.807) is 21.7 Å². The van der Waals surface area contributed by atoms with Crippen molar-refractivity contribution in [1.82, 2.24) is 34.5 Å². The van der Waals surface area contributed by atoms with Crippen LogP contribution in [-0.2, 0) is 6.54 Å². The topological polar surface area (TPSA) is 87.6 Å². The fourth-order valence-corrected chi connectivity index (χ4v) is 3.39. The molecule has 1 fully saturated rings. The van der Waals surface area contributed by atoms with Gasteiger partial charge in [0.2, 0.25) is 0 Å². The molecular weight excluding hydrogens is 320 g/mol. The minimum absolute atomic E-state index is 0.312. The number of anilines is 1. The van der Waals surface area contributed by atoms with Crippen molar-refractivity contribution >= 4 is 11.5 Å². The van der Waals surface area contributed by atoms with Crippen LogP contribution < -0.4 is 4.90 Å². The maximum Gasteiger partial charge on any atom is 0.177 e. The summed E-state index contributed by atoms with van der Waals surface area (Å²) in [5, 5.41) is 26.9. The summed E-state index contributed by atoms with van der Waals surface area (Å²) in [5.74, 6) is 0.927. The van der Waals surface area contributed by atoms with Gasteiger partial charge in [0.25, 0.3) is 0 Å². The Morgan fingerprint density at radius 1 is 1.28 bits per heavy atom. The average molecular weight is 342 g/mol. The lowest BCUT2D eigenvalue weighted by molar-refractivity contribution is 0.0861. The van der Waals surface area contributed by atoms with Gasteiger partial charge < -0.3 is 10.0 Å². The summed E-state index contributed by atoms with van der Waals surface area (Å²) in [5.41, 5.74) is 0.747. The van der Waals surface area contributed by atoms with Gasteiger partial charge in [-0.25, -0.2) is 0 Å². The average Bonchev–Trinajstić information content (AvgIpc) is 3.25. The Morgan fingerprint density at radius 2 is 2.20 bits per heavy atom. The molecule has 3 aromatic heterocycles. The molecule has 9 heteroatoms. The van der Waals surface area contributed by atoms with Crippen LogP contribution in [0.15, 0.2) is 36.9 Å². The van der Waals surface area contributed by atoms with E-state index < -0.39 is 6.10 Å². The van der Waals surface area contributed by atoms with Crippen LogP contribution >= 0.6 is 0 Å². The standard InChI is InChI=1S/C16H22N8O/c1-13-9-21(10-14(25)11-22-6-2-5-18-22)7-8-23(13)16-4-3-15-19-17-12-24(15)20-16/h2-6,12-14,25H,7-11H2,1H3/t13-,14+/m1/s1. The molecule has 0 bridgehead atoms. The van der Waals surface area contributed by atoms with Gasteiger partial charge in [-0.05, 0) is 25.1 Å². The quantitative estimate of drug-likeness (QED) is 0.692. The Balaban J connectivity index is 1.36. The highest BCUT2D eigenvalue weighted by Gasteiger charge is 2.26. The maximum atomic E-state index is 10.3. The van der Waals surface area contributed by atoms with Gasteiger partial charge >= 0.3 is 0 Å². The van der Waals surface area contributed by atoms with Crippen molar-refractivity contribution in [3.8, 4) is 0 Å². The molecule has 0 spiro atoms. The summed E-state index contributed by atoms with van der Waals surface area (Å²) in [7, 11) is 0. The van der Waals surface area contributed by atoms with Gasteiger partial charge in [0, 0.05) is 44.6 Å². The second kappa shape index (κ2) is 6.77. The van der Waals surface area contributed by atoms with Crippen LogP contribution in [0.3, 0.4) is 0 Å². The highest BCUT2D eigenvalue weighted by molar-refractivity contribution is 5.46. The summed E-state index contributed by atoms with van der Waals surface area (Å²) in [6.07, 6.45) is 4.79. The van der Waals surface area contributed by atoms with Gasteiger partial charge in [-0.2, -0.15) is 9.61 Å². The zero-order valence-corrected chi connectivity index (χ0v) is 14.2. The Hall–Kier alpha value is -2.52. The van der Waals surface area contributed by atoms with Crippen molar-refractivity contribution < 1.29 is 5.11 Å². The van der Waals surface area contributed by atoms with Crippen molar-refractivity contribution in [3.63, 3.8) is 0 Å². The first-order chi connectivity index (χ1) is 12.2. The third-order valence-corrected chi connectivity index (χ3v) is 4.58. The third-order valence-electron chi connectivity index (χ3n) is 4.58. The minimum atomic E-state index is -0.426. The van der Waals surface area contributed by atoms with Crippen LogP contribution in [-0.4, -0.2) is 77.9 Å². The number of nitrogens with zero attached hydrogens (tertiary/aromatic N) is 8.